The molecule has 1 fully saturated rings. The molecule has 1 aromatic rings. The van der Waals surface area contributed by atoms with Crippen LogP contribution in [0.5, 0.6) is 0 Å². The third-order valence-electron chi connectivity index (χ3n) is 3.98. The zero-order valence-electron chi connectivity index (χ0n) is 12.6. The molecule has 2 rings (SSSR count). The lowest BCUT2D eigenvalue weighted by molar-refractivity contribution is -0.132. The van der Waals surface area contributed by atoms with Crippen LogP contribution in [0.15, 0.2) is 30.3 Å². The van der Waals surface area contributed by atoms with E-state index in [0.29, 0.717) is 18.4 Å². The van der Waals surface area contributed by atoms with Gasteiger partial charge in [0.15, 0.2) is 0 Å². The van der Waals surface area contributed by atoms with Crippen LogP contribution < -0.4 is 5.32 Å². The predicted octanol–water partition coefficient (Wildman–Crippen LogP) is 2.52. The van der Waals surface area contributed by atoms with E-state index >= 15 is 0 Å². The lowest BCUT2D eigenvalue weighted by Crippen LogP contribution is -2.53. The Morgan fingerprint density at radius 1 is 1.24 bits per heavy atom. The van der Waals surface area contributed by atoms with Crippen LogP contribution in [0.2, 0.25) is 0 Å². The third kappa shape index (κ3) is 5.71. The second-order valence-electron chi connectivity index (χ2n) is 5.71. The SMILES string of the molecule is O=C(CCCCCS)N1CCN[C@H](Cc2ccccc2)C1. The number of unbranched alkanes of at least 4 members (excludes halogenated alkanes) is 2. The van der Waals surface area contributed by atoms with Gasteiger partial charge in [-0.25, -0.2) is 0 Å². The average Bonchev–Trinajstić information content (AvgIpc) is 2.53. The Hall–Kier alpha value is -1.00. The number of nitrogens with zero attached hydrogens (tertiary/aromatic N) is 1. The smallest absolute Gasteiger partial charge is 0.222 e. The van der Waals surface area contributed by atoms with Crippen LogP contribution in [0.4, 0.5) is 0 Å². The summed E-state index contributed by atoms with van der Waals surface area (Å²) in [6.45, 7) is 2.58. The van der Waals surface area contributed by atoms with Crippen molar-refractivity contribution in [3.8, 4) is 0 Å². The number of benzene rings is 1. The molecular formula is C17H26N2OS. The summed E-state index contributed by atoms with van der Waals surface area (Å²) in [5, 5.41) is 3.52. The first kappa shape index (κ1) is 16.4. The molecule has 1 saturated heterocycles. The molecule has 1 aromatic carbocycles. The van der Waals surface area contributed by atoms with Gasteiger partial charge in [0.25, 0.3) is 0 Å². The molecule has 116 valence electrons. The Bertz CT molecular complexity index is 424. The standard InChI is InChI=1S/C17H26N2OS/c20-17(9-5-2-6-12-21)19-11-10-18-16(14-19)13-15-7-3-1-4-8-15/h1,3-4,7-8,16,18,21H,2,5-6,9-14H2/t16-/m1/s1. The molecule has 3 nitrogen and oxygen atoms in total. The molecule has 1 aliphatic heterocycles. The van der Waals surface area contributed by atoms with Crippen LogP contribution in [0.25, 0.3) is 0 Å². The van der Waals surface area contributed by atoms with E-state index < -0.39 is 0 Å². The fourth-order valence-electron chi connectivity index (χ4n) is 2.81. The van der Waals surface area contributed by atoms with E-state index in [1.807, 2.05) is 11.0 Å². The summed E-state index contributed by atoms with van der Waals surface area (Å²) in [7, 11) is 0. The number of piperazine rings is 1. The van der Waals surface area contributed by atoms with Gasteiger partial charge in [0, 0.05) is 32.1 Å². The highest BCUT2D eigenvalue weighted by atomic mass is 32.1. The maximum absolute atomic E-state index is 12.2. The van der Waals surface area contributed by atoms with Gasteiger partial charge in [-0.2, -0.15) is 12.6 Å². The Balaban J connectivity index is 1.76. The zero-order chi connectivity index (χ0) is 14.9. The van der Waals surface area contributed by atoms with Gasteiger partial charge in [0.1, 0.15) is 0 Å². The number of hydrogen-bond donors (Lipinski definition) is 2. The monoisotopic (exact) mass is 306 g/mol. The first-order chi connectivity index (χ1) is 10.3. The summed E-state index contributed by atoms with van der Waals surface area (Å²) in [6.07, 6.45) is 4.88. The Morgan fingerprint density at radius 3 is 2.81 bits per heavy atom. The van der Waals surface area contributed by atoms with Crippen molar-refractivity contribution in [3.05, 3.63) is 35.9 Å². The van der Waals surface area contributed by atoms with Crippen molar-refractivity contribution < 1.29 is 4.79 Å². The van der Waals surface area contributed by atoms with Gasteiger partial charge < -0.3 is 10.2 Å². The second kappa shape index (κ2) is 9.11. The van der Waals surface area contributed by atoms with Crippen molar-refractivity contribution in [1.82, 2.24) is 10.2 Å². The molecule has 0 unspecified atom stereocenters. The molecule has 1 aliphatic rings. The molecule has 21 heavy (non-hydrogen) atoms. The number of rotatable bonds is 7. The zero-order valence-corrected chi connectivity index (χ0v) is 13.5. The number of carbonyl (C=O) groups excluding carboxylic acids is 1. The van der Waals surface area contributed by atoms with Crippen LogP contribution in [-0.4, -0.2) is 42.2 Å². The molecule has 0 bridgehead atoms. The Morgan fingerprint density at radius 2 is 2.05 bits per heavy atom. The van der Waals surface area contributed by atoms with Gasteiger partial charge in [-0.3, -0.25) is 4.79 Å². The summed E-state index contributed by atoms with van der Waals surface area (Å²) in [4.78, 5) is 14.3. The largest absolute Gasteiger partial charge is 0.340 e. The van der Waals surface area contributed by atoms with Crippen molar-refractivity contribution in [2.24, 2.45) is 0 Å². The molecule has 0 spiro atoms. The molecule has 4 heteroatoms. The van der Waals surface area contributed by atoms with E-state index in [2.05, 4.69) is 42.2 Å². The summed E-state index contributed by atoms with van der Waals surface area (Å²) in [5.74, 6) is 1.23. The fraction of sp³-hybridized carbons (Fsp3) is 0.588. The van der Waals surface area contributed by atoms with E-state index in [1.54, 1.807) is 0 Å². The van der Waals surface area contributed by atoms with Crippen molar-refractivity contribution in [1.29, 1.82) is 0 Å². The lowest BCUT2D eigenvalue weighted by atomic mass is 10.0. The average molecular weight is 306 g/mol. The highest BCUT2D eigenvalue weighted by Crippen LogP contribution is 2.10. The van der Waals surface area contributed by atoms with E-state index in [-0.39, 0.29) is 0 Å². The Labute approximate surface area is 133 Å². The number of hydrogen-bond acceptors (Lipinski definition) is 3. The van der Waals surface area contributed by atoms with Crippen molar-refractivity contribution in [3.63, 3.8) is 0 Å². The molecule has 0 radical (unpaired) electrons. The van der Waals surface area contributed by atoms with Gasteiger partial charge in [-0.1, -0.05) is 36.8 Å². The van der Waals surface area contributed by atoms with Crippen molar-refractivity contribution in [2.45, 2.75) is 38.1 Å². The minimum Gasteiger partial charge on any atom is -0.340 e. The first-order valence-corrected chi connectivity index (χ1v) is 8.59. The Kier molecular flexibility index (Phi) is 7.10. The van der Waals surface area contributed by atoms with E-state index in [1.165, 1.54) is 5.56 Å². The van der Waals surface area contributed by atoms with Gasteiger partial charge in [0.2, 0.25) is 5.91 Å². The highest BCUT2D eigenvalue weighted by Gasteiger charge is 2.22. The maximum Gasteiger partial charge on any atom is 0.222 e. The molecule has 0 aromatic heterocycles. The van der Waals surface area contributed by atoms with E-state index in [0.717, 1.165) is 51.1 Å². The highest BCUT2D eigenvalue weighted by molar-refractivity contribution is 7.80. The summed E-state index contributed by atoms with van der Waals surface area (Å²) in [6, 6.07) is 10.9. The normalized spacial score (nSPS) is 18.7. The summed E-state index contributed by atoms with van der Waals surface area (Å²) in [5.41, 5.74) is 1.33. The fourth-order valence-corrected chi connectivity index (χ4v) is 3.03. The van der Waals surface area contributed by atoms with Gasteiger partial charge in [-0.05, 0) is 30.6 Å². The summed E-state index contributed by atoms with van der Waals surface area (Å²) >= 11 is 4.20. The minimum atomic E-state index is 0.314. The molecule has 0 saturated carbocycles. The molecular weight excluding hydrogens is 280 g/mol. The van der Waals surface area contributed by atoms with Gasteiger partial charge >= 0.3 is 0 Å². The van der Waals surface area contributed by atoms with E-state index in [9.17, 15) is 4.79 Å². The van der Waals surface area contributed by atoms with Crippen LogP contribution in [0, 0.1) is 0 Å². The van der Waals surface area contributed by atoms with Crippen LogP contribution >= 0.6 is 12.6 Å². The molecule has 1 heterocycles. The lowest BCUT2D eigenvalue weighted by Gasteiger charge is -2.34. The molecule has 0 aliphatic carbocycles. The third-order valence-corrected chi connectivity index (χ3v) is 4.30. The second-order valence-corrected chi connectivity index (χ2v) is 6.16. The van der Waals surface area contributed by atoms with Crippen LogP contribution in [-0.2, 0) is 11.2 Å². The topological polar surface area (TPSA) is 32.3 Å². The van der Waals surface area contributed by atoms with Gasteiger partial charge in [0.05, 0.1) is 0 Å². The molecule has 1 N–H and O–H groups in total. The quantitative estimate of drug-likeness (QED) is 0.599. The maximum atomic E-state index is 12.2. The number of carbonyl (C=O) groups is 1. The van der Waals surface area contributed by atoms with Crippen molar-refractivity contribution in [2.75, 3.05) is 25.4 Å². The minimum absolute atomic E-state index is 0.314. The number of nitrogens with one attached hydrogen (secondary N) is 1. The number of thiol groups is 1. The summed E-state index contributed by atoms with van der Waals surface area (Å²) < 4.78 is 0. The van der Waals surface area contributed by atoms with Crippen molar-refractivity contribution >= 4 is 18.5 Å². The predicted molar refractivity (Wildman–Crippen MR) is 90.8 cm³/mol. The number of amides is 1. The van der Waals surface area contributed by atoms with E-state index in [4.69, 9.17) is 0 Å². The molecule has 1 amide bonds. The van der Waals surface area contributed by atoms with Crippen LogP contribution in [0.1, 0.15) is 31.2 Å². The van der Waals surface area contributed by atoms with Crippen LogP contribution in [0.3, 0.4) is 0 Å². The first-order valence-electron chi connectivity index (χ1n) is 7.95. The molecule has 1 atom stereocenters. The van der Waals surface area contributed by atoms with Gasteiger partial charge in [-0.15, -0.1) is 0 Å².